The molecule has 0 spiro atoms. The average Bonchev–Trinajstić information content (AvgIpc) is 3.68. The molecule has 0 saturated carbocycles. The molecule has 1 amide bonds. The molecule has 0 aliphatic carbocycles. The fourth-order valence-electron chi connectivity index (χ4n) is 4.98. The van der Waals surface area contributed by atoms with Crippen molar-refractivity contribution >= 4 is 56.4 Å². The van der Waals surface area contributed by atoms with E-state index in [9.17, 15) is 33.5 Å². The lowest BCUT2D eigenvalue weighted by molar-refractivity contribution is -0.384. The maximum absolute atomic E-state index is 12.5. The Labute approximate surface area is 265 Å². The van der Waals surface area contributed by atoms with Crippen LogP contribution in [0.3, 0.4) is 0 Å². The molecule has 4 aromatic rings. The molecular weight excluding hydrogens is 642 g/mol. The van der Waals surface area contributed by atoms with E-state index in [1.807, 2.05) is 0 Å². The number of hydrogen-bond acceptors (Lipinski definition) is 14. The highest BCUT2D eigenvalue weighted by Gasteiger charge is 2.44. The lowest BCUT2D eigenvalue weighted by Gasteiger charge is -2.16. The van der Waals surface area contributed by atoms with Gasteiger partial charge in [0.05, 0.1) is 22.3 Å². The van der Waals surface area contributed by atoms with Crippen molar-refractivity contribution in [2.45, 2.75) is 36.0 Å². The second kappa shape index (κ2) is 13.0. The first-order valence-corrected chi connectivity index (χ1v) is 16.5. The number of amides is 1. The quantitative estimate of drug-likeness (QED) is 0.102. The second-order valence-electron chi connectivity index (χ2n) is 10.3. The number of non-ortho nitro benzene ring substituents is 1. The minimum absolute atomic E-state index is 0.0126. The number of aliphatic hydroxyl groups excluding tert-OH is 2. The molecule has 2 aromatic heterocycles. The molecule has 2 aliphatic rings. The van der Waals surface area contributed by atoms with E-state index in [0.717, 1.165) is 5.56 Å². The van der Waals surface area contributed by atoms with Gasteiger partial charge in [-0.2, -0.15) is 11.8 Å². The topological polar surface area (TPSA) is 221 Å². The smallest absolute Gasteiger partial charge is 0.398 e. The van der Waals surface area contributed by atoms with E-state index in [4.69, 9.17) is 9.47 Å². The van der Waals surface area contributed by atoms with Crippen molar-refractivity contribution in [1.29, 1.82) is 0 Å². The van der Waals surface area contributed by atoms with Crippen molar-refractivity contribution in [3.63, 3.8) is 0 Å². The van der Waals surface area contributed by atoms with Gasteiger partial charge in [0.25, 0.3) is 5.69 Å². The van der Waals surface area contributed by atoms with Crippen LogP contribution in [0.4, 0.5) is 16.3 Å². The van der Waals surface area contributed by atoms with Crippen LogP contribution in [0.1, 0.15) is 17.4 Å². The number of carbonyl (C=O) groups is 1. The standard InChI is InChI=1S/C28H27N7O9S2/c36-23-19(13-45-10-9-29-28(38)44-21-11-17-3-1-2-4-20(17)46(21,41)42)43-27(24(23)37)34-15-33-22-25(31-14-32-26(22)34)30-12-16-5-7-18(8-6-16)35(39)40/h1-8,11,14-15,19,23-24,27,36-37H,9-10,12-13H2,(H,29,38)(H,30,31,32)/t19-,23-,24-,27-/m1/s1. The number of aliphatic hydroxyl groups is 2. The van der Waals surface area contributed by atoms with Crippen LogP contribution in [0, 0.1) is 10.1 Å². The first kappa shape index (κ1) is 31.4. The van der Waals surface area contributed by atoms with Crippen LogP contribution in [0.15, 0.2) is 71.2 Å². The van der Waals surface area contributed by atoms with Crippen molar-refractivity contribution in [1.82, 2.24) is 24.8 Å². The first-order chi connectivity index (χ1) is 22.1. The third-order valence-corrected chi connectivity index (χ3v) is 10.1. The Morgan fingerprint density at radius 3 is 2.65 bits per heavy atom. The summed E-state index contributed by atoms with van der Waals surface area (Å²) in [6.07, 6.45) is -1.09. The number of sulfone groups is 1. The Morgan fingerprint density at radius 2 is 1.89 bits per heavy atom. The molecule has 0 bridgehead atoms. The van der Waals surface area contributed by atoms with E-state index in [1.54, 1.807) is 30.3 Å². The number of thioether (sulfide) groups is 1. The van der Waals surface area contributed by atoms with Gasteiger partial charge in [0.15, 0.2) is 23.2 Å². The Morgan fingerprint density at radius 1 is 1.11 bits per heavy atom. The van der Waals surface area contributed by atoms with Crippen LogP contribution in [-0.2, 0) is 25.9 Å². The number of nitro benzene ring substituents is 1. The van der Waals surface area contributed by atoms with Crippen LogP contribution in [-0.4, -0.2) is 85.5 Å². The third kappa shape index (κ3) is 6.24. The summed E-state index contributed by atoms with van der Waals surface area (Å²) in [4.78, 5) is 35.6. The van der Waals surface area contributed by atoms with Crippen LogP contribution in [0.2, 0.25) is 0 Å². The van der Waals surface area contributed by atoms with E-state index in [2.05, 4.69) is 25.6 Å². The maximum atomic E-state index is 12.5. The molecule has 1 fully saturated rings. The molecular formula is C28H27N7O9S2. The summed E-state index contributed by atoms with van der Waals surface area (Å²) >= 11 is 1.35. The molecule has 240 valence electrons. The third-order valence-electron chi connectivity index (χ3n) is 7.32. The Kier molecular flexibility index (Phi) is 8.87. The summed E-state index contributed by atoms with van der Waals surface area (Å²) in [7, 11) is -3.89. The number of rotatable bonds is 11. The molecule has 1 saturated heterocycles. The minimum atomic E-state index is -3.89. The average molecular weight is 670 g/mol. The van der Waals surface area contributed by atoms with Gasteiger partial charge >= 0.3 is 6.09 Å². The Bertz CT molecular complexity index is 1920. The number of ether oxygens (including phenoxy) is 2. The first-order valence-electron chi connectivity index (χ1n) is 13.9. The maximum Gasteiger partial charge on any atom is 0.413 e. The summed E-state index contributed by atoms with van der Waals surface area (Å²) in [5.74, 6) is 1.07. The second-order valence-corrected chi connectivity index (χ2v) is 13.3. The van der Waals surface area contributed by atoms with Crippen molar-refractivity contribution in [3.8, 4) is 0 Å². The lowest BCUT2D eigenvalue weighted by atomic mass is 10.1. The normalized spacial score (nSPS) is 21.5. The highest BCUT2D eigenvalue weighted by Crippen LogP contribution is 2.34. The van der Waals surface area contributed by atoms with Crippen LogP contribution in [0.25, 0.3) is 17.2 Å². The van der Waals surface area contributed by atoms with Gasteiger partial charge in [0, 0.05) is 42.8 Å². The SMILES string of the molecule is O=C(NCCSC[C@H]1O[C@@H](n2cnc3c(NCc4ccc([N+](=O)[O-])cc4)ncnc32)[C@H](O)[C@@H]1O)OC1=Cc2ccccc2S1(=O)=O. The minimum Gasteiger partial charge on any atom is -0.398 e. The molecule has 2 aromatic carbocycles. The Balaban J connectivity index is 0.996. The van der Waals surface area contributed by atoms with E-state index in [1.165, 1.54) is 53.3 Å². The zero-order valence-corrected chi connectivity index (χ0v) is 25.4. The van der Waals surface area contributed by atoms with Crippen molar-refractivity contribution in [3.05, 3.63) is 87.5 Å². The van der Waals surface area contributed by atoms with Crippen molar-refractivity contribution in [2.24, 2.45) is 0 Å². The van der Waals surface area contributed by atoms with E-state index in [-0.39, 0.29) is 22.9 Å². The molecule has 4 N–H and O–H groups in total. The lowest BCUT2D eigenvalue weighted by Crippen LogP contribution is -2.33. The molecule has 16 nitrogen and oxygen atoms in total. The van der Waals surface area contributed by atoms with Gasteiger partial charge in [0.2, 0.25) is 14.9 Å². The molecule has 4 atom stereocenters. The predicted octanol–water partition coefficient (Wildman–Crippen LogP) is 2.21. The number of fused-ring (bicyclic) bond motifs is 2. The summed E-state index contributed by atoms with van der Waals surface area (Å²) < 4.78 is 37.6. The number of imidazole rings is 1. The molecule has 2 aliphatic heterocycles. The Hall–Kier alpha value is -4.62. The van der Waals surface area contributed by atoms with Crippen LogP contribution in [0.5, 0.6) is 0 Å². The number of hydrogen-bond donors (Lipinski definition) is 4. The molecule has 0 unspecified atom stereocenters. The summed E-state index contributed by atoms with van der Waals surface area (Å²) in [6, 6.07) is 12.4. The van der Waals surface area contributed by atoms with Gasteiger partial charge in [-0.15, -0.1) is 0 Å². The number of nitrogens with zero attached hydrogens (tertiary/aromatic N) is 5. The number of benzene rings is 2. The number of nitro groups is 1. The summed E-state index contributed by atoms with van der Waals surface area (Å²) in [5.41, 5.74) is 1.98. The van der Waals surface area contributed by atoms with E-state index in [0.29, 0.717) is 34.8 Å². The molecule has 6 rings (SSSR count). The van der Waals surface area contributed by atoms with Crippen LogP contribution >= 0.6 is 11.8 Å². The predicted molar refractivity (Wildman–Crippen MR) is 165 cm³/mol. The number of anilines is 1. The van der Waals surface area contributed by atoms with Crippen LogP contribution < -0.4 is 10.6 Å². The molecule has 4 heterocycles. The fourth-order valence-corrected chi connectivity index (χ4v) is 7.28. The highest BCUT2D eigenvalue weighted by atomic mass is 32.2. The van der Waals surface area contributed by atoms with Crippen molar-refractivity contribution in [2.75, 3.05) is 23.4 Å². The number of aromatic nitrogens is 4. The molecule has 46 heavy (non-hydrogen) atoms. The zero-order valence-electron chi connectivity index (χ0n) is 23.8. The van der Waals surface area contributed by atoms with Gasteiger partial charge in [-0.05, 0) is 17.2 Å². The molecule has 0 radical (unpaired) electrons. The highest BCUT2D eigenvalue weighted by molar-refractivity contribution is 7.99. The summed E-state index contributed by atoms with van der Waals surface area (Å²) in [5, 5.41) is 37.6. The summed E-state index contributed by atoms with van der Waals surface area (Å²) in [6.45, 7) is 0.465. The number of alkyl carbamates (subject to hydrolysis) is 1. The van der Waals surface area contributed by atoms with E-state index >= 15 is 0 Å². The van der Waals surface area contributed by atoms with Crippen molar-refractivity contribution < 1.29 is 37.8 Å². The van der Waals surface area contributed by atoms with Gasteiger partial charge < -0.3 is 30.3 Å². The number of nitrogens with one attached hydrogen (secondary N) is 2. The van der Waals surface area contributed by atoms with E-state index < -0.39 is 50.5 Å². The fraction of sp³-hybridized carbons (Fsp3) is 0.286. The molecule has 18 heteroatoms. The monoisotopic (exact) mass is 669 g/mol. The number of carbonyl (C=O) groups excluding carboxylic acids is 1. The largest absolute Gasteiger partial charge is 0.413 e. The van der Waals surface area contributed by atoms with Gasteiger partial charge in [-0.1, -0.05) is 30.3 Å². The zero-order chi connectivity index (χ0) is 32.4. The van der Waals surface area contributed by atoms with Gasteiger partial charge in [-0.25, -0.2) is 28.2 Å². The van der Waals surface area contributed by atoms with Gasteiger partial charge in [-0.3, -0.25) is 14.7 Å². The van der Waals surface area contributed by atoms with Gasteiger partial charge in [0.1, 0.15) is 18.5 Å².